The molecule has 1 amide bonds. The summed E-state index contributed by atoms with van der Waals surface area (Å²) in [6, 6.07) is 11.6. The molecule has 5 rings (SSSR count). The second-order valence-corrected chi connectivity index (χ2v) is 8.47. The molecule has 0 bridgehead atoms. The van der Waals surface area contributed by atoms with Crippen molar-refractivity contribution in [2.75, 3.05) is 25.9 Å². The van der Waals surface area contributed by atoms with Gasteiger partial charge in [-0.15, -0.1) is 0 Å². The van der Waals surface area contributed by atoms with Crippen molar-refractivity contribution in [2.45, 2.75) is 25.4 Å². The molecule has 0 aliphatic carbocycles. The van der Waals surface area contributed by atoms with Crippen LogP contribution in [0, 0.1) is 5.82 Å². The van der Waals surface area contributed by atoms with Crippen LogP contribution in [-0.2, 0) is 6.54 Å². The lowest BCUT2D eigenvalue weighted by molar-refractivity contribution is 0.0950. The zero-order chi connectivity index (χ0) is 24.4. The largest absolute Gasteiger partial charge is 0.497 e. The third-order valence-corrected chi connectivity index (χ3v) is 6.23. The van der Waals surface area contributed by atoms with Crippen molar-refractivity contribution in [1.82, 2.24) is 30.4 Å². The second kappa shape index (κ2) is 9.67. The number of nitrogen functional groups attached to an aromatic ring is 1. The van der Waals surface area contributed by atoms with Gasteiger partial charge in [-0.3, -0.25) is 4.79 Å². The lowest BCUT2D eigenvalue weighted by Gasteiger charge is -2.23. The first kappa shape index (κ1) is 22.7. The van der Waals surface area contributed by atoms with Gasteiger partial charge in [0.25, 0.3) is 5.91 Å². The molecular weight excluding hydrogens is 449 g/mol. The smallest absolute Gasteiger partial charge is 0.251 e. The fourth-order valence-electron chi connectivity index (χ4n) is 4.39. The van der Waals surface area contributed by atoms with Crippen LogP contribution < -0.4 is 21.1 Å². The Hall–Kier alpha value is -4.05. The molecule has 10 heteroatoms. The normalized spacial score (nSPS) is 15.8. The molecule has 0 radical (unpaired) electrons. The minimum absolute atomic E-state index is 0.00683. The maximum atomic E-state index is 14.7. The van der Waals surface area contributed by atoms with E-state index in [1.807, 2.05) is 4.68 Å². The molecule has 1 fully saturated rings. The number of benzene rings is 2. The van der Waals surface area contributed by atoms with Crippen LogP contribution in [-0.4, -0.2) is 45.9 Å². The molecule has 9 nitrogen and oxygen atoms in total. The number of nitrogens with zero attached hydrogens (tertiary/aromatic N) is 4. The number of rotatable bonds is 6. The molecule has 2 aromatic heterocycles. The van der Waals surface area contributed by atoms with Gasteiger partial charge < -0.3 is 21.1 Å². The van der Waals surface area contributed by atoms with Crippen LogP contribution in [0.4, 0.5) is 10.2 Å². The molecule has 4 aromatic rings. The first-order valence-electron chi connectivity index (χ1n) is 11.5. The molecule has 1 aliphatic rings. The molecule has 4 N–H and O–H groups in total. The Morgan fingerprint density at radius 1 is 1.29 bits per heavy atom. The third-order valence-electron chi connectivity index (χ3n) is 6.23. The van der Waals surface area contributed by atoms with Crippen LogP contribution in [0.3, 0.4) is 0 Å². The van der Waals surface area contributed by atoms with Crippen molar-refractivity contribution in [3.05, 3.63) is 65.7 Å². The van der Waals surface area contributed by atoms with Gasteiger partial charge in [0.05, 0.1) is 18.5 Å². The Morgan fingerprint density at radius 2 is 2.17 bits per heavy atom. The lowest BCUT2D eigenvalue weighted by atomic mass is 10.1. The van der Waals surface area contributed by atoms with Gasteiger partial charge in [0.15, 0.2) is 5.65 Å². The van der Waals surface area contributed by atoms with E-state index in [2.05, 4.69) is 20.6 Å². The monoisotopic (exact) mass is 475 g/mol. The van der Waals surface area contributed by atoms with E-state index in [0.717, 1.165) is 25.9 Å². The van der Waals surface area contributed by atoms with Gasteiger partial charge in [0.1, 0.15) is 29.4 Å². The van der Waals surface area contributed by atoms with Crippen LogP contribution in [0.1, 0.15) is 34.8 Å². The number of hydrogen-bond donors (Lipinski definition) is 3. The molecule has 2 aromatic carbocycles. The molecule has 1 saturated heterocycles. The highest BCUT2D eigenvalue weighted by Crippen LogP contribution is 2.33. The maximum Gasteiger partial charge on any atom is 0.251 e. The van der Waals surface area contributed by atoms with E-state index in [1.165, 1.54) is 19.5 Å². The Bertz CT molecular complexity index is 1380. The van der Waals surface area contributed by atoms with E-state index >= 15 is 0 Å². The van der Waals surface area contributed by atoms with Gasteiger partial charge in [0, 0.05) is 29.8 Å². The number of aromatic nitrogens is 4. The van der Waals surface area contributed by atoms with E-state index in [-0.39, 0.29) is 18.5 Å². The number of nitrogens with two attached hydrogens (primary N) is 1. The van der Waals surface area contributed by atoms with Gasteiger partial charge in [-0.2, -0.15) is 5.10 Å². The topological polar surface area (TPSA) is 120 Å². The molecule has 35 heavy (non-hydrogen) atoms. The van der Waals surface area contributed by atoms with Gasteiger partial charge in [-0.05, 0) is 55.8 Å². The number of nitrogens with one attached hydrogen (secondary N) is 2. The highest BCUT2D eigenvalue weighted by Gasteiger charge is 2.24. The Morgan fingerprint density at radius 3 is 2.97 bits per heavy atom. The number of halogens is 1. The third kappa shape index (κ3) is 4.52. The summed E-state index contributed by atoms with van der Waals surface area (Å²) in [4.78, 5) is 21.2. The van der Waals surface area contributed by atoms with Gasteiger partial charge in [0.2, 0.25) is 0 Å². The summed E-state index contributed by atoms with van der Waals surface area (Å²) >= 11 is 0. The number of hydrogen-bond acceptors (Lipinski definition) is 7. The minimum Gasteiger partial charge on any atom is -0.497 e. The molecule has 180 valence electrons. The Balaban J connectivity index is 1.46. The van der Waals surface area contributed by atoms with Crippen LogP contribution in [0.5, 0.6) is 5.75 Å². The highest BCUT2D eigenvalue weighted by molar-refractivity contribution is 5.98. The van der Waals surface area contributed by atoms with Gasteiger partial charge in [-0.1, -0.05) is 6.07 Å². The summed E-state index contributed by atoms with van der Waals surface area (Å²) in [6.07, 6.45) is 3.44. The number of methoxy groups -OCH3 is 1. The molecule has 0 unspecified atom stereocenters. The molecule has 1 atom stereocenters. The van der Waals surface area contributed by atoms with E-state index in [1.54, 1.807) is 36.4 Å². The van der Waals surface area contributed by atoms with Crippen LogP contribution in [0.15, 0.2) is 48.8 Å². The quantitative estimate of drug-likeness (QED) is 0.392. The number of piperidine rings is 1. The molecule has 0 saturated carbocycles. The van der Waals surface area contributed by atoms with Crippen molar-refractivity contribution >= 4 is 22.8 Å². The minimum atomic E-state index is -0.427. The second-order valence-electron chi connectivity index (χ2n) is 8.47. The fraction of sp³-hybridized carbons (Fsp3) is 0.280. The fourth-order valence-corrected chi connectivity index (χ4v) is 4.39. The predicted octanol–water partition coefficient (Wildman–Crippen LogP) is 3.08. The molecule has 0 spiro atoms. The zero-order valence-electron chi connectivity index (χ0n) is 19.3. The average Bonchev–Trinajstić information content (AvgIpc) is 3.29. The summed E-state index contributed by atoms with van der Waals surface area (Å²) in [5, 5.41) is 11.6. The van der Waals surface area contributed by atoms with Gasteiger partial charge in [-0.25, -0.2) is 19.0 Å². The summed E-state index contributed by atoms with van der Waals surface area (Å²) < 4.78 is 21.8. The van der Waals surface area contributed by atoms with Crippen molar-refractivity contribution in [1.29, 1.82) is 0 Å². The van der Waals surface area contributed by atoms with E-state index < -0.39 is 5.82 Å². The van der Waals surface area contributed by atoms with Crippen molar-refractivity contribution in [3.8, 4) is 17.0 Å². The van der Waals surface area contributed by atoms with E-state index in [4.69, 9.17) is 15.6 Å². The Labute approximate surface area is 201 Å². The van der Waals surface area contributed by atoms with Crippen LogP contribution in [0.25, 0.3) is 22.3 Å². The number of anilines is 1. The average molecular weight is 476 g/mol. The summed E-state index contributed by atoms with van der Waals surface area (Å²) in [7, 11) is 1.53. The highest BCUT2D eigenvalue weighted by atomic mass is 19.1. The summed E-state index contributed by atoms with van der Waals surface area (Å²) in [5.41, 5.74) is 8.90. The first-order valence-corrected chi connectivity index (χ1v) is 11.5. The SMILES string of the molecule is COc1cccc(C(=O)NCc2cc(-c3nn([C@@H]4CCCNC4)c4ncnc(N)c34)ccc2F)c1. The zero-order valence-corrected chi connectivity index (χ0v) is 19.3. The molecule has 3 heterocycles. The number of carbonyl (C=O) groups excluding carboxylic acids is 1. The van der Waals surface area contributed by atoms with Crippen LogP contribution >= 0.6 is 0 Å². The van der Waals surface area contributed by atoms with E-state index in [9.17, 15) is 9.18 Å². The summed E-state index contributed by atoms with van der Waals surface area (Å²) in [6.45, 7) is 1.76. The van der Waals surface area contributed by atoms with Crippen molar-refractivity contribution < 1.29 is 13.9 Å². The molecular formula is C25H26FN7O2. The van der Waals surface area contributed by atoms with Crippen LogP contribution in [0.2, 0.25) is 0 Å². The number of fused-ring (bicyclic) bond motifs is 1. The molecule has 1 aliphatic heterocycles. The number of carbonyl (C=O) groups is 1. The Kier molecular flexibility index (Phi) is 6.28. The van der Waals surface area contributed by atoms with Crippen molar-refractivity contribution in [3.63, 3.8) is 0 Å². The van der Waals surface area contributed by atoms with E-state index in [0.29, 0.717) is 45.0 Å². The standard InChI is InChI=1S/C25H26FN7O2/c1-35-19-6-2-4-16(11-19)25(34)29-12-17-10-15(7-8-20(17)26)22-21-23(27)30-14-31-24(21)33(32-22)18-5-3-9-28-13-18/h2,4,6-8,10-11,14,18,28H,3,5,9,12-13H2,1H3,(H,29,34)(H2,27,30,31)/t18-/m1/s1. The predicted molar refractivity (Wildman–Crippen MR) is 130 cm³/mol. The van der Waals surface area contributed by atoms with Crippen molar-refractivity contribution in [2.24, 2.45) is 0 Å². The van der Waals surface area contributed by atoms with Gasteiger partial charge >= 0.3 is 0 Å². The lowest BCUT2D eigenvalue weighted by Crippen LogP contribution is -2.32. The number of ether oxygens (including phenoxy) is 1. The number of amides is 1. The first-order chi connectivity index (χ1) is 17.0. The summed E-state index contributed by atoms with van der Waals surface area (Å²) in [5.74, 6) is 0.133. The maximum absolute atomic E-state index is 14.7.